The molecule has 0 atom stereocenters. The van der Waals surface area contributed by atoms with Crippen LogP contribution in [0.3, 0.4) is 0 Å². The Bertz CT molecular complexity index is 456. The number of nitrogens with zero attached hydrogens (tertiary/aromatic N) is 1. The van der Waals surface area contributed by atoms with Crippen LogP contribution < -0.4 is 15.2 Å². The lowest BCUT2D eigenvalue weighted by Gasteiger charge is -2.25. The Labute approximate surface area is 113 Å². The van der Waals surface area contributed by atoms with Gasteiger partial charge >= 0.3 is 0 Å². The Balaban J connectivity index is 2.11. The van der Waals surface area contributed by atoms with Gasteiger partial charge in [0.05, 0.1) is 13.2 Å². The maximum Gasteiger partial charge on any atom is 0.170 e. The van der Waals surface area contributed by atoms with Crippen LogP contribution >= 0.6 is 0 Å². The van der Waals surface area contributed by atoms with Crippen LogP contribution in [0.2, 0.25) is 0 Å². The molecule has 1 saturated carbocycles. The topological polar surface area (TPSA) is 77.1 Å². The number of amidine groups is 1. The number of nitrogens with two attached hydrogens (primary N) is 1. The van der Waals surface area contributed by atoms with Crippen molar-refractivity contribution < 1.29 is 14.7 Å². The molecule has 0 spiro atoms. The minimum absolute atomic E-state index is 0.0616. The third kappa shape index (κ3) is 3.30. The summed E-state index contributed by atoms with van der Waals surface area (Å²) in [5.41, 5.74) is 6.18. The fourth-order valence-corrected chi connectivity index (χ4v) is 1.98. The molecule has 1 aliphatic rings. The van der Waals surface area contributed by atoms with Gasteiger partial charge in [-0.25, -0.2) is 0 Å². The summed E-state index contributed by atoms with van der Waals surface area (Å²) >= 11 is 0. The average molecular weight is 264 g/mol. The highest BCUT2D eigenvalue weighted by Crippen LogP contribution is 2.32. The zero-order valence-corrected chi connectivity index (χ0v) is 11.1. The molecule has 0 unspecified atom stereocenters. The standard InChI is InChI=1S/C14H20N2O3/c1-2-18-13-8-11(14(15)16-17)6-7-12(13)19-9-10-4-3-5-10/h6-8,10,17H,2-5,9H2,1H3,(H2,15,16). The number of hydrogen-bond donors (Lipinski definition) is 2. The number of oxime groups is 1. The van der Waals surface area contributed by atoms with E-state index in [1.807, 2.05) is 6.92 Å². The molecule has 3 N–H and O–H groups in total. The first-order valence-corrected chi connectivity index (χ1v) is 6.62. The van der Waals surface area contributed by atoms with E-state index in [-0.39, 0.29) is 5.84 Å². The quantitative estimate of drug-likeness (QED) is 0.358. The molecular weight excluding hydrogens is 244 g/mol. The summed E-state index contributed by atoms with van der Waals surface area (Å²) in [5, 5.41) is 11.7. The summed E-state index contributed by atoms with van der Waals surface area (Å²) in [7, 11) is 0. The summed E-state index contributed by atoms with van der Waals surface area (Å²) < 4.78 is 11.3. The SMILES string of the molecule is CCOc1cc(C(N)=NO)ccc1OCC1CCC1. The van der Waals surface area contributed by atoms with E-state index >= 15 is 0 Å². The van der Waals surface area contributed by atoms with E-state index in [2.05, 4.69) is 5.16 Å². The molecule has 5 nitrogen and oxygen atoms in total. The number of benzene rings is 1. The average Bonchev–Trinajstić information content (AvgIpc) is 2.38. The highest BCUT2D eigenvalue weighted by atomic mass is 16.5. The normalized spacial score (nSPS) is 15.9. The van der Waals surface area contributed by atoms with E-state index in [0.717, 1.165) is 6.61 Å². The Morgan fingerprint density at radius 3 is 2.74 bits per heavy atom. The third-order valence-electron chi connectivity index (χ3n) is 3.35. The van der Waals surface area contributed by atoms with E-state index in [1.165, 1.54) is 19.3 Å². The first-order chi connectivity index (χ1) is 9.24. The van der Waals surface area contributed by atoms with Gasteiger partial charge in [-0.05, 0) is 43.9 Å². The van der Waals surface area contributed by atoms with Crippen molar-refractivity contribution in [2.45, 2.75) is 26.2 Å². The fraction of sp³-hybridized carbons (Fsp3) is 0.500. The lowest BCUT2D eigenvalue weighted by molar-refractivity contribution is 0.174. The van der Waals surface area contributed by atoms with Gasteiger partial charge in [0.2, 0.25) is 0 Å². The first kappa shape index (κ1) is 13.5. The second-order valence-electron chi connectivity index (χ2n) is 4.69. The van der Waals surface area contributed by atoms with Gasteiger partial charge in [-0.1, -0.05) is 11.6 Å². The molecule has 1 aliphatic carbocycles. The second-order valence-corrected chi connectivity index (χ2v) is 4.69. The molecule has 5 heteroatoms. The largest absolute Gasteiger partial charge is 0.490 e. The van der Waals surface area contributed by atoms with Crippen LogP contribution in [0.5, 0.6) is 11.5 Å². The minimum Gasteiger partial charge on any atom is -0.490 e. The van der Waals surface area contributed by atoms with Crippen LogP contribution in [0.25, 0.3) is 0 Å². The molecule has 2 rings (SSSR count). The Hall–Kier alpha value is -1.91. The third-order valence-corrected chi connectivity index (χ3v) is 3.35. The van der Waals surface area contributed by atoms with E-state index in [9.17, 15) is 0 Å². The number of rotatable bonds is 6. The van der Waals surface area contributed by atoms with Crippen molar-refractivity contribution in [1.82, 2.24) is 0 Å². The van der Waals surface area contributed by atoms with Gasteiger partial charge in [-0.3, -0.25) is 0 Å². The summed E-state index contributed by atoms with van der Waals surface area (Å²) in [6.45, 7) is 3.17. The van der Waals surface area contributed by atoms with Crippen molar-refractivity contribution >= 4 is 5.84 Å². The lowest BCUT2D eigenvalue weighted by atomic mass is 9.86. The van der Waals surface area contributed by atoms with Crippen LogP contribution in [0.15, 0.2) is 23.4 Å². The molecule has 1 aromatic rings. The predicted octanol–water partition coefficient (Wildman–Crippen LogP) is 2.36. The van der Waals surface area contributed by atoms with Crippen molar-refractivity contribution in [3.63, 3.8) is 0 Å². The molecule has 0 aliphatic heterocycles. The molecule has 1 fully saturated rings. The molecule has 0 saturated heterocycles. The van der Waals surface area contributed by atoms with Gasteiger partial charge in [-0.2, -0.15) is 0 Å². The summed E-state index contributed by atoms with van der Waals surface area (Å²) in [5.74, 6) is 2.07. The van der Waals surface area contributed by atoms with Gasteiger partial charge in [0.15, 0.2) is 17.3 Å². The maximum absolute atomic E-state index is 8.68. The molecule has 0 bridgehead atoms. The highest BCUT2D eigenvalue weighted by molar-refractivity contribution is 5.97. The predicted molar refractivity (Wildman–Crippen MR) is 73.0 cm³/mol. The second kappa shape index (κ2) is 6.31. The first-order valence-electron chi connectivity index (χ1n) is 6.62. The minimum atomic E-state index is 0.0616. The lowest BCUT2D eigenvalue weighted by Crippen LogP contribution is -2.19. The Morgan fingerprint density at radius 1 is 1.37 bits per heavy atom. The summed E-state index contributed by atoms with van der Waals surface area (Å²) in [4.78, 5) is 0. The van der Waals surface area contributed by atoms with Crippen molar-refractivity contribution in [3.8, 4) is 11.5 Å². The summed E-state index contributed by atoms with van der Waals surface area (Å²) in [6.07, 6.45) is 3.78. The molecule has 0 amide bonds. The van der Waals surface area contributed by atoms with Crippen LogP contribution in [-0.2, 0) is 0 Å². The van der Waals surface area contributed by atoms with Crippen LogP contribution in [-0.4, -0.2) is 24.3 Å². The van der Waals surface area contributed by atoms with Gasteiger partial charge in [-0.15, -0.1) is 0 Å². The molecule has 0 radical (unpaired) electrons. The smallest absolute Gasteiger partial charge is 0.170 e. The summed E-state index contributed by atoms with van der Waals surface area (Å²) in [6, 6.07) is 5.29. The monoisotopic (exact) mass is 264 g/mol. The van der Waals surface area contributed by atoms with Gasteiger partial charge < -0.3 is 20.4 Å². The van der Waals surface area contributed by atoms with Crippen molar-refractivity contribution in [1.29, 1.82) is 0 Å². The van der Waals surface area contributed by atoms with Gasteiger partial charge in [0.1, 0.15) is 0 Å². The number of ether oxygens (including phenoxy) is 2. The molecular formula is C14H20N2O3. The van der Waals surface area contributed by atoms with E-state index in [1.54, 1.807) is 18.2 Å². The molecule has 0 aromatic heterocycles. The van der Waals surface area contributed by atoms with E-state index < -0.39 is 0 Å². The zero-order valence-electron chi connectivity index (χ0n) is 11.1. The molecule has 104 valence electrons. The number of hydrogen-bond acceptors (Lipinski definition) is 4. The highest BCUT2D eigenvalue weighted by Gasteiger charge is 2.19. The van der Waals surface area contributed by atoms with Crippen molar-refractivity contribution in [2.75, 3.05) is 13.2 Å². The van der Waals surface area contributed by atoms with Crippen molar-refractivity contribution in [3.05, 3.63) is 23.8 Å². The molecule has 0 heterocycles. The zero-order chi connectivity index (χ0) is 13.7. The maximum atomic E-state index is 8.68. The van der Waals surface area contributed by atoms with Gasteiger partial charge in [0.25, 0.3) is 0 Å². The molecule has 19 heavy (non-hydrogen) atoms. The van der Waals surface area contributed by atoms with E-state index in [4.69, 9.17) is 20.4 Å². The van der Waals surface area contributed by atoms with Crippen LogP contribution in [0.4, 0.5) is 0 Å². The fourth-order valence-electron chi connectivity index (χ4n) is 1.98. The Kier molecular flexibility index (Phi) is 4.49. The van der Waals surface area contributed by atoms with Crippen LogP contribution in [0.1, 0.15) is 31.7 Å². The van der Waals surface area contributed by atoms with Crippen molar-refractivity contribution in [2.24, 2.45) is 16.8 Å². The van der Waals surface area contributed by atoms with Crippen LogP contribution in [0, 0.1) is 5.92 Å². The molecule has 1 aromatic carbocycles. The Morgan fingerprint density at radius 2 is 2.16 bits per heavy atom. The van der Waals surface area contributed by atoms with Gasteiger partial charge in [0, 0.05) is 5.56 Å². The van der Waals surface area contributed by atoms with E-state index in [0.29, 0.717) is 29.6 Å².